The van der Waals surface area contributed by atoms with Crippen LogP contribution in [0.3, 0.4) is 0 Å². The highest BCUT2D eigenvalue weighted by Crippen LogP contribution is 2.36. The number of nitriles is 1. The first-order valence-electron chi connectivity index (χ1n) is 11.8. The third-order valence-electron chi connectivity index (χ3n) is 6.88. The molecule has 4 heterocycles. The fourth-order valence-electron chi connectivity index (χ4n) is 4.98. The van der Waals surface area contributed by atoms with Gasteiger partial charge >= 0.3 is 0 Å². The molecule has 0 saturated carbocycles. The zero-order valence-electron chi connectivity index (χ0n) is 20.0. The van der Waals surface area contributed by atoms with E-state index in [4.69, 9.17) is 4.98 Å². The summed E-state index contributed by atoms with van der Waals surface area (Å²) >= 11 is 1.39. The Morgan fingerprint density at radius 1 is 1.17 bits per heavy atom. The number of anilines is 3. The highest BCUT2D eigenvalue weighted by Gasteiger charge is 2.49. The van der Waals surface area contributed by atoms with Crippen molar-refractivity contribution in [3.63, 3.8) is 0 Å². The first kappa shape index (κ1) is 23.6. The van der Waals surface area contributed by atoms with Crippen LogP contribution in [0.4, 0.5) is 21.2 Å². The van der Waals surface area contributed by atoms with Gasteiger partial charge in [-0.3, -0.25) is 9.80 Å². The van der Waals surface area contributed by atoms with E-state index in [-0.39, 0.29) is 11.4 Å². The van der Waals surface area contributed by atoms with Crippen LogP contribution in [0.1, 0.15) is 23.2 Å². The second kappa shape index (κ2) is 9.85. The van der Waals surface area contributed by atoms with Crippen molar-refractivity contribution in [2.45, 2.75) is 32.4 Å². The van der Waals surface area contributed by atoms with Crippen LogP contribution in [0.15, 0.2) is 36.5 Å². The van der Waals surface area contributed by atoms with Crippen molar-refractivity contribution in [1.29, 1.82) is 5.26 Å². The zero-order valence-corrected chi connectivity index (χ0v) is 20.9. The molecule has 3 aromatic rings. The standard InChI is InChI=1S/C25H29FN8S/c1-18-14-28-24(29-22-13-19(2)31-35-22)30-23(18)33-16-25(17-33,7-8-27)34-11-9-32(10-12-34)15-20-5-3-4-6-21(20)26/h3-6,13-14H,7,9-12,15-17H2,1-2H3,(H,28,29,30). The van der Waals surface area contributed by atoms with Gasteiger partial charge in [-0.2, -0.15) is 14.6 Å². The number of nitrogens with one attached hydrogen (secondary N) is 1. The first-order chi connectivity index (χ1) is 17.0. The highest BCUT2D eigenvalue weighted by atomic mass is 32.1. The van der Waals surface area contributed by atoms with Crippen molar-refractivity contribution in [2.75, 3.05) is 49.5 Å². The third kappa shape index (κ3) is 4.98. The lowest BCUT2D eigenvalue weighted by atomic mass is 9.83. The Balaban J connectivity index is 1.23. The average molecular weight is 493 g/mol. The maximum Gasteiger partial charge on any atom is 0.229 e. The second-order valence-electron chi connectivity index (χ2n) is 9.43. The Morgan fingerprint density at radius 3 is 2.63 bits per heavy atom. The monoisotopic (exact) mass is 492 g/mol. The molecule has 35 heavy (non-hydrogen) atoms. The van der Waals surface area contributed by atoms with Gasteiger partial charge < -0.3 is 10.2 Å². The zero-order chi connectivity index (χ0) is 24.4. The SMILES string of the molecule is Cc1cc(Nc2ncc(C)c(N3CC(CC#N)(N4CCN(Cc5ccccc5F)CC4)C3)n2)sn1. The van der Waals surface area contributed by atoms with Crippen molar-refractivity contribution < 1.29 is 4.39 Å². The molecule has 1 N–H and O–H groups in total. The number of nitrogens with zero attached hydrogens (tertiary/aromatic N) is 7. The molecule has 182 valence electrons. The van der Waals surface area contributed by atoms with Gasteiger partial charge in [0.15, 0.2) is 0 Å². The van der Waals surface area contributed by atoms with Gasteiger partial charge in [0.25, 0.3) is 0 Å². The van der Waals surface area contributed by atoms with Crippen molar-refractivity contribution in [2.24, 2.45) is 0 Å². The molecule has 10 heteroatoms. The van der Waals surface area contributed by atoms with Crippen LogP contribution >= 0.6 is 11.5 Å². The topological polar surface area (TPSA) is 84.2 Å². The van der Waals surface area contributed by atoms with E-state index in [9.17, 15) is 9.65 Å². The van der Waals surface area contributed by atoms with Crippen molar-refractivity contribution in [1.82, 2.24) is 24.1 Å². The van der Waals surface area contributed by atoms with Gasteiger partial charge in [0.2, 0.25) is 5.95 Å². The third-order valence-corrected chi connectivity index (χ3v) is 7.68. The van der Waals surface area contributed by atoms with E-state index in [2.05, 4.69) is 35.4 Å². The van der Waals surface area contributed by atoms with Crippen LogP contribution in [-0.2, 0) is 6.54 Å². The molecule has 0 aliphatic carbocycles. The molecule has 2 saturated heterocycles. The van der Waals surface area contributed by atoms with Crippen molar-refractivity contribution in [3.8, 4) is 6.07 Å². The minimum Gasteiger partial charge on any atom is -0.352 e. The molecule has 0 amide bonds. The smallest absolute Gasteiger partial charge is 0.229 e. The fourth-order valence-corrected chi connectivity index (χ4v) is 5.63. The van der Waals surface area contributed by atoms with E-state index in [0.29, 0.717) is 18.9 Å². The molecular weight excluding hydrogens is 463 g/mol. The predicted octanol–water partition coefficient (Wildman–Crippen LogP) is 3.72. The van der Waals surface area contributed by atoms with Crippen LogP contribution in [0, 0.1) is 31.0 Å². The summed E-state index contributed by atoms with van der Waals surface area (Å²) in [6, 6.07) is 11.4. The normalized spacial score (nSPS) is 18.2. The molecule has 0 bridgehead atoms. The van der Waals surface area contributed by atoms with Crippen LogP contribution < -0.4 is 10.2 Å². The minimum absolute atomic E-state index is 0.148. The lowest BCUT2D eigenvalue weighted by Gasteiger charge is -2.57. The van der Waals surface area contributed by atoms with E-state index in [0.717, 1.165) is 66.9 Å². The van der Waals surface area contributed by atoms with Gasteiger partial charge in [-0.05, 0) is 37.5 Å². The Morgan fingerprint density at radius 2 is 1.94 bits per heavy atom. The Hall–Kier alpha value is -3.13. The van der Waals surface area contributed by atoms with Crippen LogP contribution in [0.25, 0.3) is 0 Å². The van der Waals surface area contributed by atoms with Crippen LogP contribution in [0.5, 0.6) is 0 Å². The van der Waals surface area contributed by atoms with Gasteiger partial charge in [0.05, 0.1) is 23.7 Å². The Kier molecular flexibility index (Phi) is 6.65. The molecule has 2 aliphatic heterocycles. The Bertz CT molecular complexity index is 1220. The second-order valence-corrected chi connectivity index (χ2v) is 10.2. The molecule has 1 aromatic carbocycles. The minimum atomic E-state index is -0.182. The number of halogens is 1. The predicted molar refractivity (Wildman–Crippen MR) is 135 cm³/mol. The number of hydrogen-bond acceptors (Lipinski definition) is 9. The summed E-state index contributed by atoms with van der Waals surface area (Å²) in [7, 11) is 0. The van der Waals surface area contributed by atoms with Crippen molar-refractivity contribution >= 4 is 28.3 Å². The fraction of sp³-hybridized carbons (Fsp3) is 0.440. The average Bonchev–Trinajstić information content (AvgIpc) is 3.24. The summed E-state index contributed by atoms with van der Waals surface area (Å²) in [5.41, 5.74) is 2.53. The quantitative estimate of drug-likeness (QED) is 0.534. The van der Waals surface area contributed by atoms with E-state index >= 15 is 0 Å². The molecular formula is C25H29FN8S. The Labute approximate surface area is 209 Å². The van der Waals surface area contributed by atoms with E-state index in [1.807, 2.05) is 38.2 Å². The van der Waals surface area contributed by atoms with E-state index in [1.54, 1.807) is 6.07 Å². The molecule has 2 aromatic heterocycles. The molecule has 5 rings (SSSR count). The largest absolute Gasteiger partial charge is 0.352 e. The van der Waals surface area contributed by atoms with Gasteiger partial charge in [-0.25, -0.2) is 9.37 Å². The maximum absolute atomic E-state index is 14.1. The van der Waals surface area contributed by atoms with Crippen LogP contribution in [0.2, 0.25) is 0 Å². The summed E-state index contributed by atoms with van der Waals surface area (Å²) in [4.78, 5) is 16.2. The molecule has 0 unspecified atom stereocenters. The van der Waals surface area contributed by atoms with Gasteiger partial charge in [0.1, 0.15) is 16.6 Å². The van der Waals surface area contributed by atoms with Gasteiger partial charge in [0, 0.05) is 63.1 Å². The molecule has 0 spiro atoms. The molecule has 8 nitrogen and oxygen atoms in total. The molecule has 0 radical (unpaired) electrons. The van der Waals surface area contributed by atoms with E-state index < -0.39 is 0 Å². The highest BCUT2D eigenvalue weighted by molar-refractivity contribution is 7.10. The number of aryl methyl sites for hydroxylation is 2. The molecule has 0 atom stereocenters. The van der Waals surface area contributed by atoms with E-state index in [1.165, 1.54) is 17.6 Å². The van der Waals surface area contributed by atoms with Crippen molar-refractivity contribution in [3.05, 3.63) is 59.2 Å². The number of aromatic nitrogens is 3. The summed E-state index contributed by atoms with van der Waals surface area (Å²) in [5.74, 6) is 1.30. The lowest BCUT2D eigenvalue weighted by Crippen LogP contribution is -2.72. The molecule has 2 fully saturated rings. The van der Waals surface area contributed by atoms with Gasteiger partial charge in [-0.15, -0.1) is 0 Å². The van der Waals surface area contributed by atoms with Crippen LogP contribution in [-0.4, -0.2) is 68.9 Å². The number of hydrogen-bond donors (Lipinski definition) is 1. The summed E-state index contributed by atoms with van der Waals surface area (Å²) in [5, 5.41) is 13.8. The first-order valence-corrected chi connectivity index (χ1v) is 12.6. The summed E-state index contributed by atoms with van der Waals surface area (Å²) < 4.78 is 18.4. The number of rotatable bonds is 7. The number of benzene rings is 1. The lowest BCUT2D eigenvalue weighted by molar-refractivity contribution is 0.0128. The molecule has 2 aliphatic rings. The summed E-state index contributed by atoms with van der Waals surface area (Å²) in [6.07, 6.45) is 2.32. The number of piperazine rings is 1. The summed E-state index contributed by atoms with van der Waals surface area (Å²) in [6.45, 7) is 9.55. The maximum atomic E-state index is 14.1. The van der Waals surface area contributed by atoms with Gasteiger partial charge in [-0.1, -0.05) is 18.2 Å².